The van der Waals surface area contributed by atoms with Crippen molar-refractivity contribution in [2.75, 3.05) is 13.1 Å². The summed E-state index contributed by atoms with van der Waals surface area (Å²) in [6, 6.07) is 4.96. The van der Waals surface area contributed by atoms with Crippen molar-refractivity contribution >= 4 is 11.6 Å². The SMILES string of the molecule is OCc1cn(C2CCN(Cc3cc(F)cc(Cl)c3)CC2)nn1. The Labute approximate surface area is 133 Å². The zero-order valence-electron chi connectivity index (χ0n) is 12.1. The predicted molar refractivity (Wildman–Crippen MR) is 80.9 cm³/mol. The van der Waals surface area contributed by atoms with Gasteiger partial charge in [-0.1, -0.05) is 16.8 Å². The van der Waals surface area contributed by atoms with Crippen LogP contribution in [0.5, 0.6) is 0 Å². The second-order valence-corrected chi connectivity index (χ2v) is 6.07. The largest absolute Gasteiger partial charge is 0.390 e. The molecule has 3 rings (SSSR count). The van der Waals surface area contributed by atoms with Crippen LogP contribution in [0.2, 0.25) is 5.02 Å². The molecule has 22 heavy (non-hydrogen) atoms. The summed E-state index contributed by atoms with van der Waals surface area (Å²) in [5.41, 5.74) is 1.49. The highest BCUT2D eigenvalue weighted by Crippen LogP contribution is 2.24. The Hall–Kier alpha value is -1.50. The maximum absolute atomic E-state index is 13.4. The highest BCUT2D eigenvalue weighted by Gasteiger charge is 2.21. The average Bonchev–Trinajstić information content (AvgIpc) is 2.96. The molecule has 5 nitrogen and oxygen atoms in total. The lowest BCUT2D eigenvalue weighted by Crippen LogP contribution is -2.34. The van der Waals surface area contributed by atoms with E-state index in [4.69, 9.17) is 16.7 Å². The highest BCUT2D eigenvalue weighted by atomic mass is 35.5. The zero-order chi connectivity index (χ0) is 15.5. The van der Waals surface area contributed by atoms with E-state index in [-0.39, 0.29) is 12.4 Å². The standard InChI is InChI=1S/C15H18ClFN4O/c16-12-5-11(6-13(17)7-12)8-20-3-1-15(2-4-20)21-9-14(10-22)18-19-21/h5-7,9,15,22H,1-4,8,10H2. The van der Waals surface area contributed by atoms with Gasteiger partial charge in [0, 0.05) is 24.7 Å². The van der Waals surface area contributed by atoms with Crippen LogP contribution in [-0.2, 0) is 13.2 Å². The molecule has 1 N–H and O–H groups in total. The lowest BCUT2D eigenvalue weighted by molar-refractivity contribution is 0.172. The van der Waals surface area contributed by atoms with Gasteiger partial charge in [0.05, 0.1) is 18.8 Å². The second-order valence-electron chi connectivity index (χ2n) is 5.63. The molecule has 1 aliphatic rings. The first kappa shape index (κ1) is 15.4. The summed E-state index contributed by atoms with van der Waals surface area (Å²) in [5, 5.41) is 17.4. The van der Waals surface area contributed by atoms with Gasteiger partial charge in [-0.05, 0) is 36.6 Å². The Morgan fingerprint density at radius 1 is 1.27 bits per heavy atom. The molecule has 2 heterocycles. The number of likely N-dealkylation sites (tertiary alicyclic amines) is 1. The lowest BCUT2D eigenvalue weighted by atomic mass is 10.0. The summed E-state index contributed by atoms with van der Waals surface area (Å²) < 4.78 is 15.2. The molecule has 1 aromatic heterocycles. The van der Waals surface area contributed by atoms with Crippen LogP contribution in [0, 0.1) is 5.82 Å². The van der Waals surface area contributed by atoms with E-state index in [9.17, 15) is 4.39 Å². The molecule has 0 bridgehead atoms. The summed E-state index contributed by atoms with van der Waals surface area (Å²) in [6.45, 7) is 2.43. The van der Waals surface area contributed by atoms with Gasteiger partial charge in [-0.15, -0.1) is 5.10 Å². The molecule has 1 aliphatic heterocycles. The molecular weight excluding hydrogens is 307 g/mol. The zero-order valence-corrected chi connectivity index (χ0v) is 12.9. The van der Waals surface area contributed by atoms with Crippen molar-refractivity contribution in [3.8, 4) is 0 Å². The van der Waals surface area contributed by atoms with E-state index in [0.29, 0.717) is 23.3 Å². The Bertz CT molecular complexity index is 620. The smallest absolute Gasteiger partial charge is 0.125 e. The molecule has 1 fully saturated rings. The van der Waals surface area contributed by atoms with Crippen LogP contribution in [0.25, 0.3) is 0 Å². The van der Waals surface area contributed by atoms with Crippen molar-refractivity contribution in [2.24, 2.45) is 0 Å². The summed E-state index contributed by atoms with van der Waals surface area (Å²) in [6.07, 6.45) is 3.71. The van der Waals surface area contributed by atoms with Gasteiger partial charge in [0.15, 0.2) is 0 Å². The van der Waals surface area contributed by atoms with Crippen LogP contribution < -0.4 is 0 Å². The number of rotatable bonds is 4. The second kappa shape index (κ2) is 6.73. The van der Waals surface area contributed by atoms with E-state index in [0.717, 1.165) is 31.5 Å². The summed E-state index contributed by atoms with van der Waals surface area (Å²) in [5.74, 6) is -0.295. The first-order chi connectivity index (χ1) is 10.6. The van der Waals surface area contributed by atoms with Crippen molar-refractivity contribution in [1.82, 2.24) is 19.9 Å². The normalized spacial score (nSPS) is 17.0. The Morgan fingerprint density at radius 2 is 2.05 bits per heavy atom. The van der Waals surface area contributed by atoms with E-state index in [1.165, 1.54) is 12.1 Å². The van der Waals surface area contributed by atoms with Gasteiger partial charge in [0.2, 0.25) is 0 Å². The number of nitrogens with zero attached hydrogens (tertiary/aromatic N) is 4. The van der Waals surface area contributed by atoms with E-state index >= 15 is 0 Å². The molecule has 0 saturated carbocycles. The molecule has 7 heteroatoms. The molecule has 0 spiro atoms. The first-order valence-corrected chi connectivity index (χ1v) is 7.71. The number of aliphatic hydroxyl groups is 1. The molecule has 0 unspecified atom stereocenters. The van der Waals surface area contributed by atoms with Gasteiger partial charge in [-0.2, -0.15) is 0 Å². The van der Waals surface area contributed by atoms with Crippen LogP contribution in [0.1, 0.15) is 30.1 Å². The molecule has 118 valence electrons. The van der Waals surface area contributed by atoms with Crippen LogP contribution in [0.15, 0.2) is 24.4 Å². The molecule has 1 aromatic carbocycles. The molecular formula is C15H18ClFN4O. The van der Waals surface area contributed by atoms with Crippen molar-refractivity contribution in [1.29, 1.82) is 0 Å². The van der Waals surface area contributed by atoms with Crippen molar-refractivity contribution < 1.29 is 9.50 Å². The number of hydrogen-bond acceptors (Lipinski definition) is 4. The number of halogens is 2. The van der Waals surface area contributed by atoms with Crippen molar-refractivity contribution in [3.63, 3.8) is 0 Å². The van der Waals surface area contributed by atoms with E-state index < -0.39 is 0 Å². The molecule has 1 saturated heterocycles. The molecule has 0 radical (unpaired) electrons. The summed E-state index contributed by atoms with van der Waals surface area (Å²) in [7, 11) is 0. The van der Waals surface area contributed by atoms with Gasteiger partial charge in [-0.3, -0.25) is 4.90 Å². The predicted octanol–water partition coefficient (Wildman–Crippen LogP) is 2.40. The van der Waals surface area contributed by atoms with Crippen molar-refractivity contribution in [2.45, 2.75) is 32.0 Å². The summed E-state index contributed by atoms with van der Waals surface area (Å²) >= 11 is 5.89. The average molecular weight is 325 g/mol. The third-order valence-corrected chi connectivity index (χ3v) is 4.20. The Kier molecular flexibility index (Phi) is 4.71. The van der Waals surface area contributed by atoms with Gasteiger partial charge < -0.3 is 5.11 Å². The van der Waals surface area contributed by atoms with Gasteiger partial charge >= 0.3 is 0 Å². The fourth-order valence-corrected chi connectivity index (χ4v) is 3.11. The highest BCUT2D eigenvalue weighted by molar-refractivity contribution is 6.30. The van der Waals surface area contributed by atoms with E-state index in [1.54, 1.807) is 6.20 Å². The molecule has 0 amide bonds. The Balaban J connectivity index is 1.57. The quantitative estimate of drug-likeness (QED) is 0.938. The number of hydrogen-bond donors (Lipinski definition) is 1. The van der Waals surface area contributed by atoms with Gasteiger partial charge in [0.25, 0.3) is 0 Å². The fourth-order valence-electron chi connectivity index (χ4n) is 2.87. The van der Waals surface area contributed by atoms with Gasteiger partial charge in [0.1, 0.15) is 11.5 Å². The minimum Gasteiger partial charge on any atom is -0.390 e. The molecule has 0 atom stereocenters. The van der Waals surface area contributed by atoms with Crippen molar-refractivity contribution in [3.05, 3.63) is 46.5 Å². The number of aromatic nitrogens is 3. The van der Waals surface area contributed by atoms with Crippen LogP contribution in [0.4, 0.5) is 4.39 Å². The number of piperidine rings is 1. The van der Waals surface area contributed by atoms with E-state index in [1.807, 2.05) is 10.7 Å². The lowest BCUT2D eigenvalue weighted by Gasteiger charge is -2.31. The van der Waals surface area contributed by atoms with Crippen LogP contribution in [-0.4, -0.2) is 38.1 Å². The first-order valence-electron chi connectivity index (χ1n) is 7.33. The fraction of sp³-hybridized carbons (Fsp3) is 0.467. The third-order valence-electron chi connectivity index (χ3n) is 3.98. The number of benzene rings is 1. The van der Waals surface area contributed by atoms with Gasteiger partial charge in [-0.25, -0.2) is 9.07 Å². The maximum Gasteiger partial charge on any atom is 0.125 e. The monoisotopic (exact) mass is 324 g/mol. The number of aliphatic hydroxyl groups excluding tert-OH is 1. The molecule has 2 aromatic rings. The minimum atomic E-state index is -0.295. The minimum absolute atomic E-state index is 0.0842. The topological polar surface area (TPSA) is 54.2 Å². The maximum atomic E-state index is 13.4. The Morgan fingerprint density at radius 3 is 2.68 bits per heavy atom. The third kappa shape index (κ3) is 3.63. The van der Waals surface area contributed by atoms with Crippen LogP contribution >= 0.6 is 11.6 Å². The summed E-state index contributed by atoms with van der Waals surface area (Å²) in [4.78, 5) is 2.28. The van der Waals surface area contributed by atoms with Crippen LogP contribution in [0.3, 0.4) is 0 Å². The molecule has 0 aliphatic carbocycles. The van der Waals surface area contributed by atoms with E-state index in [2.05, 4.69) is 15.2 Å².